The van der Waals surface area contributed by atoms with Crippen molar-refractivity contribution >= 4 is 80.9 Å². The summed E-state index contributed by atoms with van der Waals surface area (Å²) in [5.74, 6) is 0. The molecule has 4 aromatic heterocycles. The van der Waals surface area contributed by atoms with Gasteiger partial charge in [0.05, 0.1) is 22.1 Å². The maximum absolute atomic E-state index is 5.23. The minimum Gasteiger partial charge on any atom is -0.291 e. The number of hydrogen-bond donors (Lipinski definition) is 0. The molecule has 4 heteroatoms. The van der Waals surface area contributed by atoms with Crippen molar-refractivity contribution in [3.63, 3.8) is 0 Å². The molecule has 6 aromatic carbocycles. The monoisotopic (exact) mass is 591 g/mol. The van der Waals surface area contributed by atoms with Crippen LogP contribution in [-0.2, 0) is 5.41 Å². The molecule has 45 heavy (non-hydrogen) atoms. The first-order valence-electron chi connectivity index (χ1n) is 15.5. The molecule has 0 saturated carbocycles. The van der Waals surface area contributed by atoms with E-state index in [-0.39, 0.29) is 5.41 Å². The highest BCUT2D eigenvalue weighted by molar-refractivity contribution is 7.26. The Bertz CT molecular complexity index is 2910. The average Bonchev–Trinajstić information content (AvgIpc) is 3.77. The summed E-state index contributed by atoms with van der Waals surface area (Å²) < 4.78 is 5.02. The summed E-state index contributed by atoms with van der Waals surface area (Å²) in [6.45, 7) is 4.74. The van der Waals surface area contributed by atoms with Crippen molar-refractivity contribution in [3.05, 3.63) is 126 Å². The molecule has 0 unspecified atom stereocenters. The van der Waals surface area contributed by atoms with E-state index in [4.69, 9.17) is 9.97 Å². The van der Waals surface area contributed by atoms with Crippen LogP contribution in [0.2, 0.25) is 0 Å². The van der Waals surface area contributed by atoms with Crippen LogP contribution in [-0.4, -0.2) is 14.4 Å². The molecule has 3 nitrogen and oxygen atoms in total. The molecule has 0 radical (unpaired) electrons. The minimum atomic E-state index is -0.0849. The first-order valence-corrected chi connectivity index (χ1v) is 16.3. The topological polar surface area (TPSA) is 30.2 Å². The van der Waals surface area contributed by atoms with Gasteiger partial charge in [0.2, 0.25) is 0 Å². The quantitative estimate of drug-likeness (QED) is 0.190. The van der Waals surface area contributed by atoms with Gasteiger partial charge in [-0.1, -0.05) is 92.7 Å². The Morgan fingerprint density at radius 3 is 2.29 bits per heavy atom. The number of para-hydroxylation sites is 2. The summed E-state index contributed by atoms with van der Waals surface area (Å²) in [6.07, 6.45) is 0. The predicted molar refractivity (Wildman–Crippen MR) is 190 cm³/mol. The Morgan fingerprint density at radius 1 is 0.622 bits per heavy atom. The molecule has 0 atom stereocenters. The first-order chi connectivity index (χ1) is 22.1. The summed E-state index contributed by atoms with van der Waals surface area (Å²) in [5, 5.41) is 6.34. The highest BCUT2D eigenvalue weighted by Gasteiger charge is 2.37. The smallest absolute Gasteiger partial charge is 0.165 e. The number of thiophene rings is 1. The molecule has 1 aliphatic carbocycles. The third-order valence-corrected chi connectivity index (χ3v) is 11.5. The molecule has 1 aliphatic rings. The van der Waals surface area contributed by atoms with Crippen molar-refractivity contribution in [1.29, 1.82) is 0 Å². The lowest BCUT2D eigenvalue weighted by atomic mass is 9.79. The number of rotatable bonds is 1. The Morgan fingerprint density at radius 2 is 1.38 bits per heavy atom. The number of nitrogens with zero attached hydrogens (tertiary/aromatic N) is 3. The van der Waals surface area contributed by atoms with E-state index in [1.54, 1.807) is 0 Å². The molecule has 210 valence electrons. The summed E-state index contributed by atoms with van der Waals surface area (Å²) in [4.78, 5) is 10.4. The summed E-state index contributed by atoms with van der Waals surface area (Å²) in [7, 11) is 0. The van der Waals surface area contributed by atoms with Crippen LogP contribution in [0.15, 0.2) is 115 Å². The second-order valence-electron chi connectivity index (χ2n) is 13.0. The summed E-state index contributed by atoms with van der Waals surface area (Å²) >= 11 is 1.90. The molecule has 11 rings (SSSR count). The molecular weight excluding hydrogens is 567 g/mol. The molecule has 0 spiro atoms. The van der Waals surface area contributed by atoms with Gasteiger partial charge in [0.25, 0.3) is 0 Å². The number of benzene rings is 6. The maximum Gasteiger partial charge on any atom is 0.165 e. The van der Waals surface area contributed by atoms with Crippen LogP contribution in [0.25, 0.3) is 91.8 Å². The summed E-state index contributed by atoms with van der Waals surface area (Å²) in [5.41, 5.74) is 14.1. The van der Waals surface area contributed by atoms with Gasteiger partial charge in [-0.25, -0.2) is 9.97 Å². The zero-order valence-electron chi connectivity index (χ0n) is 24.7. The molecular formula is C41H25N3S. The SMILES string of the molecule is CC1(C)c2ccccc2-c2cccc(-c3ccc4c(c3)c3c5sc6ccccc6c5cc5c6nc7ccccc7nc6n4c53)c21. The molecule has 0 aliphatic heterocycles. The van der Waals surface area contributed by atoms with Crippen LogP contribution >= 0.6 is 11.3 Å². The molecule has 4 heterocycles. The minimum absolute atomic E-state index is 0.0849. The van der Waals surface area contributed by atoms with Gasteiger partial charge in [0.1, 0.15) is 5.52 Å². The van der Waals surface area contributed by atoms with E-state index < -0.39 is 0 Å². The highest BCUT2D eigenvalue weighted by Crippen LogP contribution is 2.53. The fourth-order valence-corrected chi connectivity index (χ4v) is 9.61. The Hall–Kier alpha value is -5.32. The zero-order chi connectivity index (χ0) is 29.6. The van der Waals surface area contributed by atoms with Gasteiger partial charge in [-0.3, -0.25) is 4.40 Å². The van der Waals surface area contributed by atoms with E-state index in [0.717, 1.165) is 22.2 Å². The average molecular weight is 592 g/mol. The highest BCUT2D eigenvalue weighted by atomic mass is 32.1. The van der Waals surface area contributed by atoms with Crippen LogP contribution in [0.4, 0.5) is 0 Å². The molecule has 0 saturated heterocycles. The molecule has 0 N–H and O–H groups in total. The van der Waals surface area contributed by atoms with Crippen LogP contribution in [0.3, 0.4) is 0 Å². The van der Waals surface area contributed by atoms with Crippen molar-refractivity contribution in [2.45, 2.75) is 19.3 Å². The summed E-state index contributed by atoms with van der Waals surface area (Å²) in [6, 6.07) is 42.2. The predicted octanol–water partition coefficient (Wildman–Crippen LogP) is 11.1. The first kappa shape index (κ1) is 24.1. The van der Waals surface area contributed by atoms with Crippen molar-refractivity contribution in [3.8, 4) is 22.3 Å². The second-order valence-corrected chi connectivity index (χ2v) is 14.0. The van der Waals surface area contributed by atoms with Crippen molar-refractivity contribution in [2.75, 3.05) is 0 Å². The van der Waals surface area contributed by atoms with Gasteiger partial charge in [-0.2, -0.15) is 0 Å². The lowest BCUT2D eigenvalue weighted by Gasteiger charge is -2.24. The Labute approximate surface area is 262 Å². The largest absolute Gasteiger partial charge is 0.291 e. The third-order valence-electron chi connectivity index (χ3n) is 10.3. The van der Waals surface area contributed by atoms with Gasteiger partial charge in [-0.05, 0) is 69.8 Å². The van der Waals surface area contributed by atoms with E-state index >= 15 is 0 Å². The van der Waals surface area contributed by atoms with Crippen LogP contribution in [0.5, 0.6) is 0 Å². The van der Waals surface area contributed by atoms with Crippen LogP contribution in [0, 0.1) is 0 Å². The van der Waals surface area contributed by atoms with Gasteiger partial charge in [0, 0.05) is 41.7 Å². The third kappa shape index (κ3) is 2.87. The van der Waals surface area contributed by atoms with E-state index in [1.807, 2.05) is 23.5 Å². The van der Waals surface area contributed by atoms with E-state index in [0.29, 0.717) is 0 Å². The van der Waals surface area contributed by atoms with E-state index in [9.17, 15) is 0 Å². The normalized spacial score (nSPS) is 14.2. The maximum atomic E-state index is 5.23. The second kappa shape index (κ2) is 8.03. The molecule has 10 aromatic rings. The lowest BCUT2D eigenvalue weighted by Crippen LogP contribution is -2.16. The zero-order valence-corrected chi connectivity index (χ0v) is 25.5. The van der Waals surface area contributed by atoms with Crippen LogP contribution in [0.1, 0.15) is 25.0 Å². The van der Waals surface area contributed by atoms with E-state index in [1.165, 1.54) is 80.7 Å². The Balaban J connectivity index is 1.31. The number of hydrogen-bond acceptors (Lipinski definition) is 3. The van der Waals surface area contributed by atoms with E-state index in [2.05, 4.69) is 121 Å². The van der Waals surface area contributed by atoms with Gasteiger partial charge >= 0.3 is 0 Å². The lowest BCUT2D eigenvalue weighted by molar-refractivity contribution is 0.662. The molecule has 0 fully saturated rings. The van der Waals surface area contributed by atoms with Gasteiger partial charge in [-0.15, -0.1) is 11.3 Å². The standard InChI is InChI=1S/C41H25N3S/c1-41(2)30-14-5-3-10-24(30)26-13-9-12-23(36(26)41)22-18-19-33-28(20-22)35-38-29(21-27-25-11-4-8-17-34(25)45-39(27)35)37-40(44(33)38)43-32-16-7-6-15-31(32)42-37/h3-21H,1-2H3. The molecule has 0 amide bonds. The van der Waals surface area contributed by atoms with Crippen molar-refractivity contribution in [2.24, 2.45) is 0 Å². The number of fused-ring (bicyclic) bond motifs is 14. The van der Waals surface area contributed by atoms with Crippen molar-refractivity contribution < 1.29 is 0 Å². The van der Waals surface area contributed by atoms with Gasteiger partial charge in [0.15, 0.2) is 5.65 Å². The van der Waals surface area contributed by atoms with Crippen LogP contribution < -0.4 is 0 Å². The molecule has 0 bridgehead atoms. The van der Waals surface area contributed by atoms with Gasteiger partial charge < -0.3 is 0 Å². The fourth-order valence-electron chi connectivity index (χ4n) is 8.37. The number of aromatic nitrogens is 3. The van der Waals surface area contributed by atoms with Crippen molar-refractivity contribution in [1.82, 2.24) is 14.4 Å². The Kier molecular flexibility index (Phi) is 4.29. The fraction of sp³-hybridized carbons (Fsp3) is 0.0732.